The smallest absolute Gasteiger partial charge is 0.128 e. The number of hydrogen-bond acceptors (Lipinski definition) is 3. The quantitative estimate of drug-likeness (QED) is 0.564. The second kappa shape index (κ2) is 5.57. The van der Waals surface area contributed by atoms with Crippen molar-refractivity contribution < 1.29 is 4.42 Å². The van der Waals surface area contributed by atoms with Crippen LogP contribution >= 0.6 is 0 Å². The zero-order valence-electron chi connectivity index (χ0n) is 12.7. The highest BCUT2D eigenvalue weighted by atomic mass is 16.3. The SMILES string of the molecule is Cc1ccc(C(=Cc2ccco2)n2nnc3ccccc32)cc1. The lowest BCUT2D eigenvalue weighted by atomic mass is 10.1. The molecule has 0 saturated carbocycles. The molecule has 112 valence electrons. The van der Waals surface area contributed by atoms with E-state index in [-0.39, 0.29) is 0 Å². The number of furan rings is 1. The standard InChI is InChI=1S/C19H15N3O/c1-14-8-10-15(11-9-14)19(13-16-5-4-12-23-16)22-18-7-3-2-6-17(18)20-21-22/h2-13H,1H3. The zero-order valence-corrected chi connectivity index (χ0v) is 12.7. The minimum Gasteiger partial charge on any atom is -0.465 e. The molecule has 4 nitrogen and oxygen atoms in total. The molecular weight excluding hydrogens is 286 g/mol. The third kappa shape index (κ3) is 2.55. The van der Waals surface area contributed by atoms with Crippen LogP contribution in [0.5, 0.6) is 0 Å². The average molecular weight is 301 g/mol. The molecule has 2 aromatic carbocycles. The summed E-state index contributed by atoms with van der Waals surface area (Å²) in [7, 11) is 0. The fourth-order valence-corrected chi connectivity index (χ4v) is 2.55. The normalized spacial score (nSPS) is 12.0. The van der Waals surface area contributed by atoms with Crippen LogP contribution in [0.3, 0.4) is 0 Å². The molecule has 0 atom stereocenters. The Hall–Kier alpha value is -3.14. The van der Waals surface area contributed by atoms with Crippen molar-refractivity contribution in [2.24, 2.45) is 0 Å². The molecule has 0 bridgehead atoms. The Kier molecular flexibility index (Phi) is 3.27. The number of hydrogen-bond donors (Lipinski definition) is 0. The number of benzene rings is 2. The molecule has 0 unspecified atom stereocenters. The number of aryl methyl sites for hydroxylation is 1. The molecular formula is C19H15N3O. The van der Waals surface area contributed by atoms with Crippen LogP contribution in [0.15, 0.2) is 71.3 Å². The lowest BCUT2D eigenvalue weighted by Crippen LogP contribution is -2.01. The molecule has 0 spiro atoms. The van der Waals surface area contributed by atoms with Gasteiger partial charge in [-0.05, 0) is 31.2 Å². The van der Waals surface area contributed by atoms with Gasteiger partial charge < -0.3 is 4.42 Å². The van der Waals surface area contributed by atoms with Gasteiger partial charge in [-0.25, -0.2) is 4.68 Å². The Labute approximate surface area is 133 Å². The lowest BCUT2D eigenvalue weighted by molar-refractivity contribution is 0.557. The summed E-state index contributed by atoms with van der Waals surface area (Å²) in [5.41, 5.74) is 5.03. The van der Waals surface area contributed by atoms with Gasteiger partial charge in [0.25, 0.3) is 0 Å². The van der Waals surface area contributed by atoms with E-state index in [2.05, 4.69) is 41.5 Å². The summed E-state index contributed by atoms with van der Waals surface area (Å²) in [6, 6.07) is 20.1. The summed E-state index contributed by atoms with van der Waals surface area (Å²) >= 11 is 0. The van der Waals surface area contributed by atoms with E-state index in [0.29, 0.717) is 0 Å². The zero-order chi connectivity index (χ0) is 15.6. The van der Waals surface area contributed by atoms with E-state index in [1.165, 1.54) is 5.56 Å². The summed E-state index contributed by atoms with van der Waals surface area (Å²) in [6.45, 7) is 2.07. The van der Waals surface area contributed by atoms with Crippen LogP contribution in [-0.2, 0) is 0 Å². The molecule has 23 heavy (non-hydrogen) atoms. The molecule has 4 aromatic rings. The maximum absolute atomic E-state index is 5.48. The molecule has 0 N–H and O–H groups in total. The topological polar surface area (TPSA) is 43.9 Å². The van der Waals surface area contributed by atoms with E-state index < -0.39 is 0 Å². The number of nitrogens with zero attached hydrogens (tertiary/aromatic N) is 3. The van der Waals surface area contributed by atoms with Gasteiger partial charge in [-0.2, -0.15) is 0 Å². The Morgan fingerprint density at radius 3 is 2.61 bits per heavy atom. The molecule has 0 aliphatic heterocycles. The van der Waals surface area contributed by atoms with Crippen molar-refractivity contribution in [1.82, 2.24) is 15.0 Å². The van der Waals surface area contributed by atoms with E-state index in [9.17, 15) is 0 Å². The fourth-order valence-electron chi connectivity index (χ4n) is 2.55. The van der Waals surface area contributed by atoms with Gasteiger partial charge in [-0.15, -0.1) is 5.10 Å². The summed E-state index contributed by atoms with van der Waals surface area (Å²) in [6.07, 6.45) is 3.64. The fraction of sp³-hybridized carbons (Fsp3) is 0.0526. The van der Waals surface area contributed by atoms with Crippen LogP contribution < -0.4 is 0 Å². The largest absolute Gasteiger partial charge is 0.465 e. The van der Waals surface area contributed by atoms with Gasteiger partial charge in [0.15, 0.2) is 0 Å². The Balaban J connectivity index is 1.93. The molecule has 0 saturated heterocycles. The van der Waals surface area contributed by atoms with Crippen molar-refractivity contribution in [1.29, 1.82) is 0 Å². The van der Waals surface area contributed by atoms with Crippen LogP contribution in [0.4, 0.5) is 0 Å². The van der Waals surface area contributed by atoms with Gasteiger partial charge in [0.2, 0.25) is 0 Å². The minimum absolute atomic E-state index is 0.778. The first-order valence-electron chi connectivity index (χ1n) is 7.44. The number of fused-ring (bicyclic) bond motifs is 1. The van der Waals surface area contributed by atoms with E-state index in [4.69, 9.17) is 4.42 Å². The van der Waals surface area contributed by atoms with E-state index in [1.54, 1.807) is 6.26 Å². The van der Waals surface area contributed by atoms with Crippen LogP contribution in [0.2, 0.25) is 0 Å². The Morgan fingerprint density at radius 1 is 1.00 bits per heavy atom. The first-order chi connectivity index (χ1) is 11.3. The van der Waals surface area contributed by atoms with Gasteiger partial charge in [-0.3, -0.25) is 0 Å². The first-order valence-corrected chi connectivity index (χ1v) is 7.44. The molecule has 2 heterocycles. The monoisotopic (exact) mass is 301 g/mol. The number of rotatable bonds is 3. The summed E-state index contributed by atoms with van der Waals surface area (Å²) in [4.78, 5) is 0. The highest BCUT2D eigenvalue weighted by molar-refractivity contribution is 5.86. The second-order valence-corrected chi connectivity index (χ2v) is 5.40. The molecule has 0 aliphatic carbocycles. The molecule has 4 rings (SSSR count). The Morgan fingerprint density at radius 2 is 1.83 bits per heavy atom. The van der Waals surface area contributed by atoms with Crippen molar-refractivity contribution in [3.05, 3.63) is 83.8 Å². The summed E-state index contributed by atoms with van der Waals surface area (Å²) in [5.74, 6) is 0.778. The molecule has 0 aliphatic rings. The molecule has 4 heteroatoms. The van der Waals surface area contributed by atoms with Crippen molar-refractivity contribution in [2.75, 3.05) is 0 Å². The van der Waals surface area contributed by atoms with Crippen LogP contribution in [0.1, 0.15) is 16.9 Å². The summed E-state index contributed by atoms with van der Waals surface area (Å²) < 4.78 is 7.33. The van der Waals surface area contributed by atoms with Gasteiger partial charge >= 0.3 is 0 Å². The second-order valence-electron chi connectivity index (χ2n) is 5.40. The third-order valence-corrected chi connectivity index (χ3v) is 3.75. The molecule has 2 aromatic heterocycles. The van der Waals surface area contributed by atoms with Crippen LogP contribution in [0, 0.1) is 6.92 Å². The van der Waals surface area contributed by atoms with Crippen molar-refractivity contribution >= 4 is 22.8 Å². The highest BCUT2D eigenvalue weighted by Gasteiger charge is 2.11. The average Bonchev–Trinajstić information content (AvgIpc) is 3.23. The Bertz CT molecular complexity index is 963. The number of aromatic nitrogens is 3. The van der Waals surface area contributed by atoms with Gasteiger partial charge in [0.1, 0.15) is 11.3 Å². The van der Waals surface area contributed by atoms with E-state index >= 15 is 0 Å². The predicted octanol–water partition coefficient (Wildman–Crippen LogP) is 4.38. The first kappa shape index (κ1) is 13.5. The highest BCUT2D eigenvalue weighted by Crippen LogP contribution is 2.24. The molecule has 0 amide bonds. The molecule has 0 fully saturated rings. The maximum atomic E-state index is 5.48. The number of para-hydroxylation sites is 1. The van der Waals surface area contributed by atoms with Crippen molar-refractivity contribution in [2.45, 2.75) is 6.92 Å². The predicted molar refractivity (Wildman–Crippen MR) is 90.7 cm³/mol. The van der Waals surface area contributed by atoms with Crippen LogP contribution in [0.25, 0.3) is 22.8 Å². The summed E-state index contributed by atoms with van der Waals surface area (Å²) in [5, 5.41) is 8.59. The third-order valence-electron chi connectivity index (χ3n) is 3.75. The van der Waals surface area contributed by atoms with Crippen molar-refractivity contribution in [3.63, 3.8) is 0 Å². The van der Waals surface area contributed by atoms with Gasteiger partial charge in [0, 0.05) is 11.6 Å². The van der Waals surface area contributed by atoms with Crippen molar-refractivity contribution in [3.8, 4) is 0 Å². The van der Waals surface area contributed by atoms with Gasteiger partial charge in [-0.1, -0.05) is 47.2 Å². The van der Waals surface area contributed by atoms with E-state index in [0.717, 1.165) is 28.1 Å². The lowest BCUT2D eigenvalue weighted by Gasteiger charge is -2.09. The minimum atomic E-state index is 0.778. The van der Waals surface area contributed by atoms with Gasteiger partial charge in [0.05, 0.1) is 17.5 Å². The maximum Gasteiger partial charge on any atom is 0.128 e. The van der Waals surface area contributed by atoms with Crippen LogP contribution in [-0.4, -0.2) is 15.0 Å². The molecule has 0 radical (unpaired) electrons. The van der Waals surface area contributed by atoms with E-state index in [1.807, 2.05) is 47.2 Å².